The lowest BCUT2D eigenvalue weighted by Crippen LogP contribution is -2.43. The third-order valence-corrected chi connectivity index (χ3v) is 1.80. The standard InChI is InChI=1S/C7H12N2O2S/c1-3-11-6(10)5(2)4-12-7(8)9/h2-4H2,1H3,(H3,8,9)/p+1. The lowest BCUT2D eigenvalue weighted by Gasteiger charge is -2.01. The molecule has 0 saturated carbocycles. The van der Waals surface area contributed by atoms with E-state index in [1.54, 1.807) is 6.92 Å². The Morgan fingerprint density at radius 2 is 2.33 bits per heavy atom. The highest BCUT2D eigenvalue weighted by Gasteiger charge is 2.09. The summed E-state index contributed by atoms with van der Waals surface area (Å²) in [7, 11) is 0. The molecule has 0 radical (unpaired) electrons. The van der Waals surface area contributed by atoms with Crippen molar-refractivity contribution >= 4 is 22.9 Å². The smallest absolute Gasteiger partial charge is 0.334 e. The van der Waals surface area contributed by atoms with Crippen LogP contribution in [-0.2, 0) is 9.53 Å². The monoisotopic (exact) mass is 189 g/mol. The van der Waals surface area contributed by atoms with Crippen molar-refractivity contribution in [2.45, 2.75) is 6.92 Å². The van der Waals surface area contributed by atoms with Crippen molar-refractivity contribution in [2.75, 3.05) is 12.4 Å². The second-order valence-electron chi connectivity index (χ2n) is 2.02. The number of hydrogen-bond acceptors (Lipinski definition) is 3. The predicted molar refractivity (Wildman–Crippen MR) is 49.4 cm³/mol. The lowest BCUT2D eigenvalue weighted by molar-refractivity contribution is -0.138. The second-order valence-corrected chi connectivity index (χ2v) is 3.06. The van der Waals surface area contributed by atoms with Crippen LogP contribution >= 0.6 is 11.8 Å². The van der Waals surface area contributed by atoms with Crippen molar-refractivity contribution in [2.24, 2.45) is 5.73 Å². The van der Waals surface area contributed by atoms with Gasteiger partial charge in [-0.1, -0.05) is 6.58 Å². The first-order valence-electron chi connectivity index (χ1n) is 3.43. The van der Waals surface area contributed by atoms with Gasteiger partial charge >= 0.3 is 5.97 Å². The van der Waals surface area contributed by atoms with Crippen LogP contribution in [0.2, 0.25) is 0 Å². The SMILES string of the molecule is C=C(CSC(N)=[NH2+])C(=O)OCC. The van der Waals surface area contributed by atoms with Gasteiger partial charge in [-0.05, 0) is 18.7 Å². The maximum absolute atomic E-state index is 10.9. The fourth-order valence-corrected chi connectivity index (χ4v) is 0.921. The van der Waals surface area contributed by atoms with E-state index in [1.807, 2.05) is 0 Å². The van der Waals surface area contributed by atoms with Crippen LogP contribution in [0.3, 0.4) is 0 Å². The first-order valence-corrected chi connectivity index (χ1v) is 4.42. The summed E-state index contributed by atoms with van der Waals surface area (Å²) in [5.74, 6) is -0.0208. The molecule has 0 rings (SSSR count). The molecule has 0 aliphatic heterocycles. The summed E-state index contributed by atoms with van der Waals surface area (Å²) < 4.78 is 4.69. The average Bonchev–Trinajstić information content (AvgIpc) is 2.00. The first kappa shape index (κ1) is 11.0. The van der Waals surface area contributed by atoms with Crippen LogP contribution in [0.25, 0.3) is 0 Å². The number of rotatable bonds is 4. The van der Waals surface area contributed by atoms with Crippen LogP contribution in [0, 0.1) is 0 Å². The molecule has 4 N–H and O–H groups in total. The summed E-state index contributed by atoms with van der Waals surface area (Å²) in [6.07, 6.45) is 0. The zero-order chi connectivity index (χ0) is 9.56. The zero-order valence-electron chi connectivity index (χ0n) is 7.00. The molecule has 0 saturated heterocycles. The minimum Gasteiger partial charge on any atom is -0.463 e. The Balaban J connectivity index is 3.72. The molecule has 4 nitrogen and oxygen atoms in total. The average molecular weight is 189 g/mol. The number of hydrogen-bond donors (Lipinski definition) is 2. The molecule has 0 bridgehead atoms. The van der Waals surface area contributed by atoms with E-state index in [1.165, 1.54) is 11.8 Å². The van der Waals surface area contributed by atoms with Crippen molar-refractivity contribution in [3.8, 4) is 0 Å². The van der Waals surface area contributed by atoms with E-state index >= 15 is 0 Å². The molecule has 0 aromatic heterocycles. The summed E-state index contributed by atoms with van der Waals surface area (Å²) in [6.45, 7) is 5.61. The predicted octanol–water partition coefficient (Wildman–Crippen LogP) is -1.09. The molecule has 0 aliphatic carbocycles. The van der Waals surface area contributed by atoms with Crippen molar-refractivity contribution in [3.63, 3.8) is 0 Å². The van der Waals surface area contributed by atoms with Gasteiger partial charge in [-0.25, -0.2) is 4.79 Å². The quantitative estimate of drug-likeness (QED) is 0.255. The highest BCUT2D eigenvalue weighted by Crippen LogP contribution is 2.05. The van der Waals surface area contributed by atoms with Gasteiger partial charge in [0.15, 0.2) is 0 Å². The maximum atomic E-state index is 10.9. The second kappa shape index (κ2) is 5.65. The zero-order valence-corrected chi connectivity index (χ0v) is 7.82. The number of carbonyl (C=O) groups excluding carboxylic acids is 1. The van der Waals surface area contributed by atoms with Crippen LogP contribution < -0.4 is 11.1 Å². The summed E-state index contributed by atoms with van der Waals surface area (Å²) in [6, 6.07) is 0. The Morgan fingerprint density at radius 3 is 2.75 bits per heavy atom. The molecule has 12 heavy (non-hydrogen) atoms. The van der Waals surface area contributed by atoms with Gasteiger partial charge in [0.25, 0.3) is 5.17 Å². The summed E-state index contributed by atoms with van der Waals surface area (Å²) >= 11 is 1.17. The van der Waals surface area contributed by atoms with Gasteiger partial charge < -0.3 is 4.74 Å². The van der Waals surface area contributed by atoms with Gasteiger partial charge in [0, 0.05) is 11.3 Å². The summed E-state index contributed by atoms with van der Waals surface area (Å²) in [4.78, 5) is 10.9. The molecular formula is C7H13N2O2S+. The molecule has 68 valence electrons. The Kier molecular flexibility index (Phi) is 5.19. The van der Waals surface area contributed by atoms with Gasteiger partial charge in [-0.3, -0.25) is 11.1 Å². The van der Waals surface area contributed by atoms with Gasteiger partial charge in [0.05, 0.1) is 6.61 Å². The Bertz CT molecular complexity index is 204. The summed E-state index contributed by atoms with van der Waals surface area (Å²) in [5.41, 5.74) is 5.55. The minimum absolute atomic E-state index is 0.223. The Labute approximate surface area is 75.7 Å². The molecule has 0 aromatic rings. The number of carbonyl (C=O) groups is 1. The van der Waals surface area contributed by atoms with Crippen molar-refractivity contribution in [1.29, 1.82) is 0 Å². The molecule has 0 amide bonds. The highest BCUT2D eigenvalue weighted by atomic mass is 32.2. The Hall–Kier alpha value is -0.970. The van der Waals surface area contributed by atoms with Crippen molar-refractivity contribution in [3.05, 3.63) is 12.2 Å². The molecule has 0 aliphatic rings. The topological polar surface area (TPSA) is 77.9 Å². The molecule has 0 heterocycles. The third kappa shape index (κ3) is 4.79. The number of thioether (sulfide) groups is 1. The normalized spacial score (nSPS) is 9.08. The Morgan fingerprint density at radius 1 is 1.75 bits per heavy atom. The third-order valence-electron chi connectivity index (χ3n) is 0.977. The maximum Gasteiger partial charge on any atom is 0.334 e. The van der Waals surface area contributed by atoms with E-state index in [2.05, 4.69) is 6.58 Å². The van der Waals surface area contributed by atoms with Gasteiger partial charge in [0.1, 0.15) is 0 Å². The van der Waals surface area contributed by atoms with Crippen molar-refractivity contribution < 1.29 is 14.9 Å². The van der Waals surface area contributed by atoms with Crippen LogP contribution in [0.15, 0.2) is 12.2 Å². The van der Waals surface area contributed by atoms with E-state index < -0.39 is 5.97 Å². The molecule has 0 aromatic carbocycles. The number of ether oxygens (including phenoxy) is 1. The van der Waals surface area contributed by atoms with Gasteiger partial charge in [0.2, 0.25) is 0 Å². The van der Waals surface area contributed by atoms with Crippen LogP contribution in [0.5, 0.6) is 0 Å². The fraction of sp³-hybridized carbons (Fsp3) is 0.429. The lowest BCUT2D eigenvalue weighted by atomic mass is 10.4. The van der Waals surface area contributed by atoms with Crippen molar-refractivity contribution in [1.82, 2.24) is 0 Å². The molecule has 0 atom stereocenters. The molecule has 0 fully saturated rings. The fourth-order valence-electron chi connectivity index (χ4n) is 0.463. The van der Waals surface area contributed by atoms with Gasteiger partial charge in [-0.15, -0.1) is 0 Å². The number of esters is 1. The van der Waals surface area contributed by atoms with Crippen LogP contribution in [0.1, 0.15) is 6.92 Å². The van der Waals surface area contributed by atoms with E-state index in [0.717, 1.165) is 0 Å². The molecule has 0 spiro atoms. The first-order chi connectivity index (χ1) is 5.57. The van der Waals surface area contributed by atoms with E-state index in [9.17, 15) is 4.79 Å². The van der Waals surface area contributed by atoms with E-state index in [4.69, 9.17) is 15.9 Å². The molecular weight excluding hydrogens is 176 g/mol. The van der Waals surface area contributed by atoms with Crippen LogP contribution in [0.4, 0.5) is 0 Å². The number of nitrogens with two attached hydrogens (primary N) is 2. The molecule has 0 unspecified atom stereocenters. The van der Waals surface area contributed by atoms with E-state index in [-0.39, 0.29) is 5.17 Å². The van der Waals surface area contributed by atoms with E-state index in [0.29, 0.717) is 17.9 Å². The summed E-state index contributed by atoms with van der Waals surface area (Å²) in [5, 5.41) is 5.40. The number of amidine groups is 1. The molecule has 5 heteroatoms. The van der Waals surface area contributed by atoms with Gasteiger partial charge in [-0.2, -0.15) is 0 Å². The minimum atomic E-state index is -0.397. The van der Waals surface area contributed by atoms with Crippen LogP contribution in [-0.4, -0.2) is 23.5 Å². The highest BCUT2D eigenvalue weighted by molar-refractivity contribution is 8.13. The largest absolute Gasteiger partial charge is 0.463 e.